The molecule has 2 amide bonds. The van der Waals surface area contributed by atoms with Crippen molar-refractivity contribution >= 4 is 28.8 Å². The third kappa shape index (κ3) is 3.95. The van der Waals surface area contributed by atoms with Crippen LogP contribution in [0.2, 0.25) is 0 Å². The van der Waals surface area contributed by atoms with Gasteiger partial charge in [0.2, 0.25) is 5.95 Å². The molecule has 0 spiro atoms. The number of anilines is 1. The lowest BCUT2D eigenvalue weighted by Crippen LogP contribution is -2.21. The second kappa shape index (κ2) is 8.27. The molecule has 0 aliphatic heterocycles. The number of ether oxygens (including phenoxy) is 1. The molecule has 156 valence electrons. The van der Waals surface area contributed by atoms with Crippen LogP contribution in [0, 0.1) is 0 Å². The molecule has 0 radical (unpaired) electrons. The largest absolute Gasteiger partial charge is 0.494 e. The summed E-state index contributed by atoms with van der Waals surface area (Å²) in [6.07, 6.45) is 3.46. The molecule has 0 bridgehead atoms. The second-order valence-corrected chi connectivity index (χ2v) is 7.10. The summed E-state index contributed by atoms with van der Waals surface area (Å²) in [4.78, 5) is 38.1. The third-order valence-electron chi connectivity index (χ3n) is 4.83. The van der Waals surface area contributed by atoms with Crippen molar-refractivity contribution in [3.63, 3.8) is 0 Å². The Bertz CT molecular complexity index is 1250. The van der Waals surface area contributed by atoms with E-state index in [1.807, 2.05) is 24.3 Å². The Kier molecular flexibility index (Phi) is 5.36. The van der Waals surface area contributed by atoms with Gasteiger partial charge in [0.25, 0.3) is 11.8 Å². The zero-order chi connectivity index (χ0) is 22.0. The number of nitrogens with zero attached hydrogens (tertiary/aromatic N) is 3. The summed E-state index contributed by atoms with van der Waals surface area (Å²) >= 11 is 0. The standard InChI is InChI=1S/C23H21N5O3/c1-28(2)22(30)15-8-6-14(7-9-15)21(29)27-23-25-19-17(16-5-4-12-24-13-16)10-11-18(31-3)20(19)26-23/h4-13H,1-3H3,(H2,25,26,27,29). The normalized spacial score (nSPS) is 10.7. The van der Waals surface area contributed by atoms with Gasteiger partial charge in [0.05, 0.1) is 7.11 Å². The van der Waals surface area contributed by atoms with E-state index in [1.54, 1.807) is 57.9 Å². The number of amides is 2. The molecule has 4 aromatic rings. The quantitative estimate of drug-likeness (QED) is 0.519. The van der Waals surface area contributed by atoms with E-state index in [1.165, 1.54) is 4.90 Å². The van der Waals surface area contributed by atoms with Gasteiger partial charge in [-0.1, -0.05) is 6.07 Å². The molecule has 0 saturated carbocycles. The number of carbonyl (C=O) groups is 2. The van der Waals surface area contributed by atoms with Crippen LogP contribution in [0.5, 0.6) is 5.75 Å². The van der Waals surface area contributed by atoms with E-state index in [0.717, 1.165) is 11.1 Å². The average Bonchev–Trinajstić information content (AvgIpc) is 3.22. The predicted octanol–water partition coefficient (Wildman–Crippen LogP) is 3.59. The molecule has 8 heteroatoms. The number of H-pyrrole nitrogens is 1. The number of aromatic amines is 1. The molecule has 0 aliphatic rings. The number of benzene rings is 2. The summed E-state index contributed by atoms with van der Waals surface area (Å²) in [7, 11) is 4.94. The number of nitrogens with one attached hydrogen (secondary N) is 2. The second-order valence-electron chi connectivity index (χ2n) is 7.10. The Morgan fingerprint density at radius 2 is 1.77 bits per heavy atom. The first-order chi connectivity index (χ1) is 15.0. The van der Waals surface area contributed by atoms with Gasteiger partial charge in [-0.3, -0.25) is 19.9 Å². The van der Waals surface area contributed by atoms with E-state index in [9.17, 15) is 9.59 Å². The Morgan fingerprint density at radius 1 is 1.03 bits per heavy atom. The van der Waals surface area contributed by atoms with Crippen molar-refractivity contribution in [3.05, 3.63) is 72.1 Å². The first kappa shape index (κ1) is 20.1. The SMILES string of the molecule is COc1ccc(-c2cccnc2)c2nc(NC(=O)c3ccc(C(=O)N(C)C)cc3)[nH]c12. The van der Waals surface area contributed by atoms with Crippen molar-refractivity contribution in [2.45, 2.75) is 0 Å². The monoisotopic (exact) mass is 415 g/mol. The zero-order valence-electron chi connectivity index (χ0n) is 17.3. The lowest BCUT2D eigenvalue weighted by molar-refractivity contribution is 0.0827. The molecule has 0 aliphatic carbocycles. The zero-order valence-corrected chi connectivity index (χ0v) is 17.3. The average molecular weight is 415 g/mol. The minimum Gasteiger partial charge on any atom is -0.494 e. The van der Waals surface area contributed by atoms with Crippen LogP contribution in [0.15, 0.2) is 60.9 Å². The third-order valence-corrected chi connectivity index (χ3v) is 4.83. The number of rotatable bonds is 5. The van der Waals surface area contributed by atoms with Crippen LogP contribution in [0.4, 0.5) is 5.95 Å². The van der Waals surface area contributed by atoms with E-state index < -0.39 is 0 Å². The maximum atomic E-state index is 12.7. The molecule has 4 rings (SSSR count). The molecule has 31 heavy (non-hydrogen) atoms. The highest BCUT2D eigenvalue weighted by molar-refractivity contribution is 6.05. The van der Waals surface area contributed by atoms with Gasteiger partial charge >= 0.3 is 0 Å². The van der Waals surface area contributed by atoms with Gasteiger partial charge in [0, 0.05) is 48.7 Å². The minimum atomic E-state index is -0.343. The molecule has 2 aromatic carbocycles. The van der Waals surface area contributed by atoms with E-state index in [0.29, 0.717) is 33.9 Å². The molecule has 0 saturated heterocycles. The highest BCUT2D eigenvalue weighted by atomic mass is 16.5. The van der Waals surface area contributed by atoms with Crippen molar-refractivity contribution < 1.29 is 14.3 Å². The molecule has 2 heterocycles. The molecule has 8 nitrogen and oxygen atoms in total. The summed E-state index contributed by atoms with van der Waals surface area (Å²) in [5, 5.41) is 2.78. The molecule has 2 aromatic heterocycles. The van der Waals surface area contributed by atoms with Crippen LogP contribution >= 0.6 is 0 Å². The highest BCUT2D eigenvalue weighted by Crippen LogP contribution is 2.33. The Labute approximate surface area is 178 Å². The summed E-state index contributed by atoms with van der Waals surface area (Å²) in [5.74, 6) is 0.439. The fraction of sp³-hybridized carbons (Fsp3) is 0.130. The Balaban J connectivity index is 1.64. The minimum absolute atomic E-state index is 0.126. The molecular weight excluding hydrogens is 394 g/mol. The van der Waals surface area contributed by atoms with Gasteiger partial charge in [0.1, 0.15) is 16.8 Å². The van der Waals surface area contributed by atoms with Crippen LogP contribution in [0.1, 0.15) is 20.7 Å². The van der Waals surface area contributed by atoms with Crippen LogP contribution < -0.4 is 10.1 Å². The number of methoxy groups -OCH3 is 1. The van der Waals surface area contributed by atoms with Crippen LogP contribution in [-0.2, 0) is 0 Å². The topological polar surface area (TPSA) is 100 Å². The molecule has 0 atom stereocenters. The highest BCUT2D eigenvalue weighted by Gasteiger charge is 2.16. The van der Waals surface area contributed by atoms with Crippen molar-refractivity contribution in [2.75, 3.05) is 26.5 Å². The van der Waals surface area contributed by atoms with Gasteiger partial charge in [-0.05, 0) is 42.5 Å². The number of pyridine rings is 1. The van der Waals surface area contributed by atoms with Gasteiger partial charge < -0.3 is 14.6 Å². The molecule has 2 N–H and O–H groups in total. The fourth-order valence-corrected chi connectivity index (χ4v) is 3.25. The van der Waals surface area contributed by atoms with Gasteiger partial charge in [-0.15, -0.1) is 0 Å². The molecule has 0 unspecified atom stereocenters. The van der Waals surface area contributed by atoms with E-state index in [-0.39, 0.29) is 11.8 Å². The summed E-state index contributed by atoms with van der Waals surface area (Å²) < 4.78 is 5.44. The van der Waals surface area contributed by atoms with Crippen molar-refractivity contribution in [1.29, 1.82) is 0 Å². The lowest BCUT2D eigenvalue weighted by Gasteiger charge is -2.10. The number of hydrogen-bond acceptors (Lipinski definition) is 5. The van der Waals surface area contributed by atoms with Crippen molar-refractivity contribution in [3.8, 4) is 16.9 Å². The fourth-order valence-electron chi connectivity index (χ4n) is 3.25. The summed E-state index contributed by atoms with van der Waals surface area (Å²) in [5.41, 5.74) is 4.03. The Hall–Kier alpha value is -4.20. The van der Waals surface area contributed by atoms with E-state index in [2.05, 4.69) is 20.3 Å². The molecular formula is C23H21N5O3. The lowest BCUT2D eigenvalue weighted by atomic mass is 10.1. The number of fused-ring (bicyclic) bond motifs is 1. The molecule has 0 fully saturated rings. The first-order valence-corrected chi connectivity index (χ1v) is 9.58. The summed E-state index contributed by atoms with van der Waals surface area (Å²) in [6, 6.07) is 14.0. The van der Waals surface area contributed by atoms with E-state index >= 15 is 0 Å². The van der Waals surface area contributed by atoms with Crippen LogP contribution in [0.3, 0.4) is 0 Å². The maximum absolute atomic E-state index is 12.7. The van der Waals surface area contributed by atoms with Gasteiger partial charge in [-0.25, -0.2) is 4.98 Å². The smallest absolute Gasteiger partial charge is 0.257 e. The van der Waals surface area contributed by atoms with Crippen LogP contribution in [-0.4, -0.2) is 52.9 Å². The van der Waals surface area contributed by atoms with E-state index in [4.69, 9.17) is 4.74 Å². The number of hydrogen-bond donors (Lipinski definition) is 2. The predicted molar refractivity (Wildman–Crippen MR) is 118 cm³/mol. The van der Waals surface area contributed by atoms with Crippen molar-refractivity contribution in [1.82, 2.24) is 19.9 Å². The maximum Gasteiger partial charge on any atom is 0.257 e. The number of imidazole rings is 1. The number of aromatic nitrogens is 3. The van der Waals surface area contributed by atoms with Crippen LogP contribution in [0.25, 0.3) is 22.2 Å². The van der Waals surface area contributed by atoms with Crippen molar-refractivity contribution in [2.24, 2.45) is 0 Å². The van der Waals surface area contributed by atoms with Gasteiger partial charge in [-0.2, -0.15) is 0 Å². The number of carbonyl (C=O) groups excluding carboxylic acids is 2. The Morgan fingerprint density at radius 3 is 2.42 bits per heavy atom. The first-order valence-electron chi connectivity index (χ1n) is 9.58. The summed E-state index contributed by atoms with van der Waals surface area (Å²) in [6.45, 7) is 0. The van der Waals surface area contributed by atoms with Gasteiger partial charge in [0.15, 0.2) is 0 Å².